The number of aromatic nitrogens is 4. The molecule has 9 heteroatoms. The van der Waals surface area contributed by atoms with E-state index in [0.29, 0.717) is 31.0 Å². The van der Waals surface area contributed by atoms with Gasteiger partial charge in [-0.25, -0.2) is 19.0 Å². The Morgan fingerprint density at radius 1 is 1.03 bits per heavy atom. The molecule has 0 unspecified atom stereocenters. The Hall–Kier alpha value is -3.85. The van der Waals surface area contributed by atoms with Gasteiger partial charge < -0.3 is 14.5 Å². The average Bonchev–Trinajstić information content (AvgIpc) is 3.04. The van der Waals surface area contributed by atoms with Gasteiger partial charge in [-0.1, -0.05) is 24.3 Å². The summed E-state index contributed by atoms with van der Waals surface area (Å²) < 4.78 is 20.8. The van der Waals surface area contributed by atoms with Gasteiger partial charge in [0.25, 0.3) is 5.91 Å². The number of halogens is 1. The van der Waals surface area contributed by atoms with E-state index in [0.717, 1.165) is 41.2 Å². The maximum Gasteiger partial charge on any atom is 0.254 e. The lowest BCUT2D eigenvalue weighted by atomic mass is 10.2. The molecule has 2 aromatic carbocycles. The number of anilines is 1. The van der Waals surface area contributed by atoms with E-state index >= 15 is 0 Å². The van der Waals surface area contributed by atoms with Crippen LogP contribution in [0.3, 0.4) is 0 Å². The molecule has 1 aliphatic heterocycles. The van der Waals surface area contributed by atoms with Crippen LogP contribution in [0.25, 0.3) is 16.7 Å². The van der Waals surface area contributed by atoms with Crippen LogP contribution >= 0.6 is 0 Å². The molecule has 0 spiro atoms. The van der Waals surface area contributed by atoms with Gasteiger partial charge in [0.15, 0.2) is 11.5 Å². The second-order valence-corrected chi connectivity index (χ2v) is 8.57. The van der Waals surface area contributed by atoms with Crippen LogP contribution in [0.4, 0.5) is 10.2 Å². The van der Waals surface area contributed by atoms with Crippen molar-refractivity contribution in [1.29, 1.82) is 0 Å². The summed E-state index contributed by atoms with van der Waals surface area (Å²) >= 11 is 0. The highest BCUT2D eigenvalue weighted by atomic mass is 19.1. The molecule has 35 heavy (non-hydrogen) atoms. The normalized spacial score (nSPS) is 14.4. The van der Waals surface area contributed by atoms with Crippen molar-refractivity contribution in [3.05, 3.63) is 77.5 Å². The summed E-state index contributed by atoms with van der Waals surface area (Å²) in [6, 6.07) is 15.7. The van der Waals surface area contributed by atoms with E-state index in [4.69, 9.17) is 19.8 Å². The Kier molecular flexibility index (Phi) is 6.41. The molecular formula is C26H27FN6O2. The van der Waals surface area contributed by atoms with Crippen molar-refractivity contribution in [3.63, 3.8) is 0 Å². The maximum atomic E-state index is 13.7. The molecule has 8 nitrogen and oxygen atoms in total. The molecule has 2 aromatic heterocycles. The van der Waals surface area contributed by atoms with Crippen molar-refractivity contribution < 1.29 is 13.9 Å². The molecule has 0 bridgehead atoms. The van der Waals surface area contributed by atoms with E-state index in [1.165, 1.54) is 12.1 Å². The third-order valence-electron chi connectivity index (χ3n) is 6.16. The second-order valence-electron chi connectivity index (χ2n) is 8.57. The zero-order valence-electron chi connectivity index (χ0n) is 19.8. The number of carbonyl (C=O) groups excluding carboxylic acids is 1. The van der Waals surface area contributed by atoms with Gasteiger partial charge in [-0.2, -0.15) is 5.10 Å². The first-order valence-electron chi connectivity index (χ1n) is 11.7. The summed E-state index contributed by atoms with van der Waals surface area (Å²) in [6.07, 6.45) is 0.762. The van der Waals surface area contributed by atoms with Gasteiger partial charge in [0.2, 0.25) is 0 Å². The molecule has 1 aliphatic rings. The molecule has 0 atom stereocenters. The number of fused-ring (bicyclic) bond motifs is 1. The SMILES string of the molecule is COCc1nc(N2CCCN(C(=O)c3cccc(F)c3)CC2)c2c(C)nn(-c3ccccc3)c2n1. The van der Waals surface area contributed by atoms with Gasteiger partial charge >= 0.3 is 0 Å². The van der Waals surface area contributed by atoms with Crippen molar-refractivity contribution >= 4 is 22.8 Å². The van der Waals surface area contributed by atoms with Gasteiger partial charge in [-0.3, -0.25) is 4.79 Å². The molecule has 0 aliphatic carbocycles. The lowest BCUT2D eigenvalue weighted by molar-refractivity contribution is 0.0766. The Bertz CT molecular complexity index is 1360. The minimum Gasteiger partial charge on any atom is -0.377 e. The van der Waals surface area contributed by atoms with E-state index in [1.807, 2.05) is 41.9 Å². The van der Waals surface area contributed by atoms with Crippen LogP contribution in [-0.4, -0.2) is 63.8 Å². The number of amides is 1. The van der Waals surface area contributed by atoms with E-state index in [2.05, 4.69) is 4.90 Å². The smallest absolute Gasteiger partial charge is 0.254 e. The minimum absolute atomic E-state index is 0.160. The first-order chi connectivity index (χ1) is 17.0. The molecular weight excluding hydrogens is 447 g/mol. The van der Waals surface area contributed by atoms with Crippen LogP contribution in [0, 0.1) is 12.7 Å². The fraction of sp³-hybridized carbons (Fsp3) is 0.308. The predicted molar refractivity (Wildman–Crippen MR) is 131 cm³/mol. The van der Waals surface area contributed by atoms with Crippen LogP contribution in [0.1, 0.15) is 28.3 Å². The molecule has 5 rings (SSSR count). The van der Waals surface area contributed by atoms with Crippen LogP contribution in [0.5, 0.6) is 0 Å². The predicted octanol–water partition coefficient (Wildman–Crippen LogP) is 3.76. The maximum absolute atomic E-state index is 13.7. The number of benzene rings is 2. The first-order valence-corrected chi connectivity index (χ1v) is 11.7. The number of para-hydroxylation sites is 1. The van der Waals surface area contributed by atoms with Gasteiger partial charge in [0.1, 0.15) is 18.2 Å². The summed E-state index contributed by atoms with van der Waals surface area (Å²) in [7, 11) is 1.62. The van der Waals surface area contributed by atoms with Crippen molar-refractivity contribution in [3.8, 4) is 5.69 Å². The molecule has 1 fully saturated rings. The molecule has 0 radical (unpaired) electrons. The third kappa shape index (κ3) is 4.59. The monoisotopic (exact) mass is 474 g/mol. The number of aryl methyl sites for hydroxylation is 1. The van der Waals surface area contributed by atoms with Crippen LogP contribution in [-0.2, 0) is 11.3 Å². The zero-order chi connectivity index (χ0) is 24.4. The fourth-order valence-electron chi connectivity index (χ4n) is 4.51. The van der Waals surface area contributed by atoms with Crippen molar-refractivity contribution in [2.75, 3.05) is 38.2 Å². The summed E-state index contributed by atoms with van der Waals surface area (Å²) in [4.78, 5) is 26.6. The van der Waals surface area contributed by atoms with E-state index in [9.17, 15) is 9.18 Å². The van der Waals surface area contributed by atoms with Crippen LogP contribution in [0.2, 0.25) is 0 Å². The standard InChI is InChI=1S/C26H27FN6O2/c1-18-23-24(28-22(17-35-2)29-25(23)33(30-18)21-10-4-3-5-11-21)31-12-7-13-32(15-14-31)26(34)19-8-6-9-20(27)16-19/h3-6,8-11,16H,7,12-15,17H2,1-2H3. The number of methoxy groups -OCH3 is 1. The molecule has 180 valence electrons. The summed E-state index contributed by atoms with van der Waals surface area (Å²) in [5.74, 6) is 0.797. The Morgan fingerprint density at radius 3 is 2.63 bits per heavy atom. The number of nitrogens with zero attached hydrogens (tertiary/aromatic N) is 6. The summed E-state index contributed by atoms with van der Waals surface area (Å²) in [5, 5.41) is 5.67. The van der Waals surface area contributed by atoms with Gasteiger partial charge in [0, 0.05) is 38.9 Å². The highest BCUT2D eigenvalue weighted by molar-refractivity contribution is 5.94. The van der Waals surface area contributed by atoms with Crippen molar-refractivity contribution in [1.82, 2.24) is 24.6 Å². The summed E-state index contributed by atoms with van der Waals surface area (Å²) in [5.41, 5.74) is 2.84. The van der Waals surface area contributed by atoms with Gasteiger partial charge in [0.05, 0.1) is 16.8 Å². The highest BCUT2D eigenvalue weighted by Gasteiger charge is 2.25. The Balaban J connectivity index is 1.49. The van der Waals surface area contributed by atoms with E-state index in [1.54, 1.807) is 24.1 Å². The number of ether oxygens (including phenoxy) is 1. The molecule has 1 amide bonds. The minimum atomic E-state index is -0.410. The Morgan fingerprint density at radius 2 is 1.86 bits per heavy atom. The largest absolute Gasteiger partial charge is 0.377 e. The fourth-order valence-corrected chi connectivity index (χ4v) is 4.51. The lowest BCUT2D eigenvalue weighted by Crippen LogP contribution is -2.35. The summed E-state index contributed by atoms with van der Waals surface area (Å²) in [6.45, 7) is 4.65. The van der Waals surface area contributed by atoms with Gasteiger partial charge in [-0.15, -0.1) is 0 Å². The molecule has 0 saturated carbocycles. The molecule has 4 aromatic rings. The molecule has 0 N–H and O–H groups in total. The van der Waals surface area contributed by atoms with Gasteiger partial charge in [-0.05, 0) is 43.7 Å². The quantitative estimate of drug-likeness (QED) is 0.438. The van der Waals surface area contributed by atoms with E-state index < -0.39 is 5.82 Å². The third-order valence-corrected chi connectivity index (χ3v) is 6.16. The number of rotatable bonds is 5. The topological polar surface area (TPSA) is 76.4 Å². The second kappa shape index (κ2) is 9.79. The number of hydrogen-bond donors (Lipinski definition) is 0. The first kappa shape index (κ1) is 22.9. The van der Waals surface area contributed by atoms with Crippen molar-refractivity contribution in [2.45, 2.75) is 20.0 Å². The molecule has 3 heterocycles. The number of hydrogen-bond acceptors (Lipinski definition) is 6. The molecule has 1 saturated heterocycles. The van der Waals surface area contributed by atoms with E-state index in [-0.39, 0.29) is 12.5 Å². The Labute approximate surface area is 203 Å². The average molecular weight is 475 g/mol. The lowest BCUT2D eigenvalue weighted by Gasteiger charge is -2.24. The number of carbonyl (C=O) groups is 1. The van der Waals surface area contributed by atoms with Crippen molar-refractivity contribution in [2.24, 2.45) is 0 Å². The van der Waals surface area contributed by atoms with Crippen LogP contribution in [0.15, 0.2) is 54.6 Å². The van der Waals surface area contributed by atoms with Crippen LogP contribution < -0.4 is 4.90 Å². The zero-order valence-corrected chi connectivity index (χ0v) is 19.8. The highest BCUT2D eigenvalue weighted by Crippen LogP contribution is 2.30.